The number of benzene rings is 1. The van der Waals surface area contributed by atoms with Gasteiger partial charge in [-0.15, -0.1) is 0 Å². The number of rotatable bonds is 8. The molecule has 1 heterocycles. The lowest BCUT2D eigenvalue weighted by atomic mass is 9.82. The molecule has 3 aliphatic rings. The van der Waals surface area contributed by atoms with E-state index in [0.717, 1.165) is 51.4 Å². The molecule has 0 bridgehead atoms. The quantitative estimate of drug-likeness (QED) is 0.626. The maximum atomic E-state index is 14.8. The molecule has 2 aliphatic carbocycles. The number of amides is 2. The topological polar surface area (TPSA) is 78.5 Å². The summed E-state index contributed by atoms with van der Waals surface area (Å²) in [4.78, 5) is 39.7. The van der Waals surface area contributed by atoms with Crippen LogP contribution in [0.3, 0.4) is 0 Å². The molecule has 0 aromatic heterocycles. The van der Waals surface area contributed by atoms with Crippen molar-refractivity contribution in [3.63, 3.8) is 0 Å². The van der Waals surface area contributed by atoms with Crippen molar-refractivity contribution in [2.75, 3.05) is 19.6 Å². The van der Waals surface area contributed by atoms with E-state index in [1.165, 1.54) is 25.5 Å². The van der Waals surface area contributed by atoms with Gasteiger partial charge < -0.3 is 15.5 Å². The van der Waals surface area contributed by atoms with Gasteiger partial charge in [-0.3, -0.25) is 14.4 Å². The first-order chi connectivity index (χ1) is 15.9. The number of carbonyl (C=O) groups is 3. The van der Waals surface area contributed by atoms with Crippen LogP contribution in [-0.4, -0.2) is 54.2 Å². The smallest absolute Gasteiger partial charge is 0.251 e. The van der Waals surface area contributed by atoms with Crippen LogP contribution in [0.25, 0.3) is 0 Å². The summed E-state index contributed by atoms with van der Waals surface area (Å²) in [7, 11) is 0. The van der Waals surface area contributed by atoms with Gasteiger partial charge in [-0.25, -0.2) is 4.39 Å². The number of halogens is 1. The third-order valence-electron chi connectivity index (χ3n) is 7.44. The summed E-state index contributed by atoms with van der Waals surface area (Å²) in [5, 5.41) is 6.18. The maximum Gasteiger partial charge on any atom is 0.251 e. The monoisotopic (exact) mass is 457 g/mol. The third kappa shape index (κ3) is 6.19. The fourth-order valence-electron chi connectivity index (χ4n) is 5.33. The van der Waals surface area contributed by atoms with Crippen molar-refractivity contribution in [2.45, 2.75) is 82.7 Å². The van der Waals surface area contributed by atoms with Crippen LogP contribution in [0, 0.1) is 11.7 Å². The van der Waals surface area contributed by atoms with Gasteiger partial charge in [0.25, 0.3) is 5.91 Å². The highest BCUT2D eigenvalue weighted by Gasteiger charge is 2.31. The van der Waals surface area contributed by atoms with E-state index in [4.69, 9.17) is 0 Å². The SMILES string of the molecule is CC(=O)[C@H](NC(=O)c1ccc(F)c(C2CCCN(C(=O)CNC3CC3)C2)c1)C1CCCCC1. The van der Waals surface area contributed by atoms with Gasteiger partial charge in [0.2, 0.25) is 5.91 Å². The van der Waals surface area contributed by atoms with Crippen molar-refractivity contribution in [2.24, 2.45) is 5.92 Å². The summed E-state index contributed by atoms with van der Waals surface area (Å²) >= 11 is 0. The van der Waals surface area contributed by atoms with E-state index in [0.29, 0.717) is 36.8 Å². The van der Waals surface area contributed by atoms with Crippen LogP contribution in [0.5, 0.6) is 0 Å². The second-order valence-electron chi connectivity index (χ2n) is 10.0. The number of hydrogen-bond acceptors (Lipinski definition) is 4. The zero-order chi connectivity index (χ0) is 23.4. The van der Waals surface area contributed by atoms with E-state index < -0.39 is 6.04 Å². The number of hydrogen-bond donors (Lipinski definition) is 2. The van der Waals surface area contributed by atoms with Crippen LogP contribution >= 0.6 is 0 Å². The second-order valence-corrected chi connectivity index (χ2v) is 10.0. The van der Waals surface area contributed by atoms with Crippen LogP contribution in [0.1, 0.15) is 86.6 Å². The highest BCUT2D eigenvalue weighted by molar-refractivity contribution is 5.97. The lowest BCUT2D eigenvalue weighted by Gasteiger charge is -2.33. The molecule has 0 spiro atoms. The molecule has 7 heteroatoms. The Balaban J connectivity index is 1.43. The van der Waals surface area contributed by atoms with E-state index in [2.05, 4.69) is 10.6 Å². The fraction of sp³-hybridized carbons (Fsp3) is 0.654. The van der Waals surface area contributed by atoms with Crippen molar-refractivity contribution >= 4 is 17.6 Å². The van der Waals surface area contributed by atoms with Gasteiger partial charge in [-0.2, -0.15) is 0 Å². The molecule has 1 saturated heterocycles. The minimum Gasteiger partial charge on any atom is -0.342 e. The Morgan fingerprint density at radius 3 is 2.52 bits per heavy atom. The van der Waals surface area contributed by atoms with Crippen molar-refractivity contribution in [3.8, 4) is 0 Å². The molecule has 1 aliphatic heterocycles. The van der Waals surface area contributed by atoms with Gasteiger partial charge in [-0.1, -0.05) is 19.3 Å². The molecule has 1 aromatic carbocycles. The molecular weight excluding hydrogens is 421 g/mol. The van der Waals surface area contributed by atoms with E-state index in [9.17, 15) is 18.8 Å². The number of ketones is 1. The molecule has 4 rings (SSSR count). The van der Waals surface area contributed by atoms with Gasteiger partial charge in [0.05, 0.1) is 12.6 Å². The molecule has 3 fully saturated rings. The molecular formula is C26H36FN3O3. The average molecular weight is 458 g/mol. The molecule has 0 radical (unpaired) electrons. The van der Waals surface area contributed by atoms with Crippen LogP contribution in [0.4, 0.5) is 4.39 Å². The van der Waals surface area contributed by atoms with Crippen molar-refractivity contribution < 1.29 is 18.8 Å². The Bertz CT molecular complexity index is 880. The van der Waals surface area contributed by atoms with Crippen molar-refractivity contribution in [1.29, 1.82) is 0 Å². The van der Waals surface area contributed by atoms with Gasteiger partial charge in [-0.05, 0) is 75.1 Å². The number of nitrogens with one attached hydrogen (secondary N) is 2. The Labute approximate surface area is 195 Å². The minimum absolute atomic E-state index is 0.0289. The van der Waals surface area contributed by atoms with Gasteiger partial charge in [0.15, 0.2) is 5.78 Å². The van der Waals surface area contributed by atoms with Gasteiger partial charge >= 0.3 is 0 Å². The molecule has 1 aromatic rings. The molecule has 1 unspecified atom stereocenters. The number of Topliss-reactive ketones (excluding diaryl/α,β-unsaturated/α-hetero) is 1. The highest BCUT2D eigenvalue weighted by atomic mass is 19.1. The number of piperidine rings is 1. The van der Waals surface area contributed by atoms with E-state index in [1.54, 1.807) is 6.07 Å². The Morgan fingerprint density at radius 2 is 1.82 bits per heavy atom. The first-order valence-electron chi connectivity index (χ1n) is 12.5. The molecule has 2 N–H and O–H groups in total. The van der Waals surface area contributed by atoms with E-state index in [1.807, 2.05) is 4.90 Å². The molecule has 2 atom stereocenters. The minimum atomic E-state index is -0.493. The summed E-state index contributed by atoms with van der Waals surface area (Å²) in [5.74, 6) is -0.631. The lowest BCUT2D eigenvalue weighted by Crippen LogP contribution is -2.45. The van der Waals surface area contributed by atoms with E-state index in [-0.39, 0.29) is 35.3 Å². The van der Waals surface area contributed by atoms with Gasteiger partial charge in [0, 0.05) is 30.6 Å². The first kappa shape index (κ1) is 23.9. The van der Waals surface area contributed by atoms with Crippen LogP contribution in [-0.2, 0) is 9.59 Å². The molecule has 33 heavy (non-hydrogen) atoms. The predicted molar refractivity (Wildman–Crippen MR) is 124 cm³/mol. The van der Waals surface area contributed by atoms with E-state index >= 15 is 0 Å². The molecule has 180 valence electrons. The zero-order valence-corrected chi connectivity index (χ0v) is 19.6. The van der Waals surface area contributed by atoms with Crippen LogP contribution < -0.4 is 10.6 Å². The Morgan fingerprint density at radius 1 is 1.06 bits per heavy atom. The normalized spacial score (nSPS) is 22.6. The Kier molecular flexibility index (Phi) is 7.78. The Hall–Kier alpha value is -2.28. The lowest BCUT2D eigenvalue weighted by molar-refractivity contribution is -0.131. The third-order valence-corrected chi connectivity index (χ3v) is 7.44. The van der Waals surface area contributed by atoms with Gasteiger partial charge in [0.1, 0.15) is 5.82 Å². The summed E-state index contributed by atoms with van der Waals surface area (Å²) < 4.78 is 14.8. The molecule has 2 amide bonds. The largest absolute Gasteiger partial charge is 0.342 e. The highest BCUT2D eigenvalue weighted by Crippen LogP contribution is 2.30. The fourth-order valence-corrected chi connectivity index (χ4v) is 5.33. The van der Waals surface area contributed by atoms with Crippen LogP contribution in [0.15, 0.2) is 18.2 Å². The summed E-state index contributed by atoms with van der Waals surface area (Å²) in [6, 6.07) is 4.41. The van der Waals surface area contributed by atoms with Crippen molar-refractivity contribution in [3.05, 3.63) is 35.1 Å². The maximum absolute atomic E-state index is 14.8. The summed E-state index contributed by atoms with van der Waals surface area (Å²) in [6.45, 7) is 3.01. The first-order valence-corrected chi connectivity index (χ1v) is 12.5. The number of nitrogens with zero attached hydrogens (tertiary/aromatic N) is 1. The second kappa shape index (κ2) is 10.8. The summed E-state index contributed by atoms with van der Waals surface area (Å²) in [5.41, 5.74) is 0.847. The van der Waals surface area contributed by atoms with Crippen molar-refractivity contribution in [1.82, 2.24) is 15.5 Å². The number of carbonyl (C=O) groups excluding carboxylic acids is 3. The molecule has 2 saturated carbocycles. The zero-order valence-electron chi connectivity index (χ0n) is 19.6. The average Bonchev–Trinajstić information content (AvgIpc) is 3.66. The standard InChI is InChI=1S/C26H36FN3O3/c1-17(31)25(18-6-3-2-4-7-18)29-26(33)19-9-12-23(27)22(14-19)20-8-5-13-30(16-20)24(32)15-28-21-10-11-21/h9,12,14,18,20-21,25,28H,2-8,10-11,13,15-16H2,1H3,(H,29,33)/t20?,25-/m0/s1. The summed E-state index contributed by atoms with van der Waals surface area (Å²) in [6.07, 6.45) is 9.07. The molecule has 6 nitrogen and oxygen atoms in total. The predicted octanol–water partition coefficient (Wildman–Crippen LogP) is 3.55. The number of likely N-dealkylation sites (tertiary alicyclic amines) is 1. The van der Waals surface area contributed by atoms with Crippen LogP contribution in [0.2, 0.25) is 0 Å².